The van der Waals surface area contributed by atoms with E-state index in [2.05, 4.69) is 15.2 Å². The van der Waals surface area contributed by atoms with Crippen LogP contribution in [-0.4, -0.2) is 43.0 Å². The van der Waals surface area contributed by atoms with E-state index in [1.54, 1.807) is 6.07 Å². The number of nitrogens with one attached hydrogen (secondary N) is 1. The zero-order valence-electron chi connectivity index (χ0n) is 12.7. The summed E-state index contributed by atoms with van der Waals surface area (Å²) in [5.41, 5.74) is 6.62. The lowest BCUT2D eigenvalue weighted by atomic mass is 10.2. The van der Waals surface area contributed by atoms with Gasteiger partial charge >= 0.3 is 6.18 Å². The van der Waals surface area contributed by atoms with Gasteiger partial charge in [0.05, 0.1) is 43.2 Å². The zero-order valence-corrected chi connectivity index (χ0v) is 12.7. The van der Waals surface area contributed by atoms with Crippen LogP contribution in [0, 0.1) is 0 Å². The quantitative estimate of drug-likeness (QED) is 0.893. The third kappa shape index (κ3) is 4.40. The Kier molecular flexibility index (Phi) is 5.00. The van der Waals surface area contributed by atoms with E-state index in [0.717, 1.165) is 0 Å². The summed E-state index contributed by atoms with van der Waals surface area (Å²) in [5.74, 6) is 0.687. The SMILES string of the molecule is CC(CC(F)(F)F)Nc1cc(N2CCOC[C@@H]2C)ncc1N. The molecule has 124 valence electrons. The van der Waals surface area contributed by atoms with Crippen LogP contribution in [0.15, 0.2) is 12.3 Å². The number of nitrogens with zero attached hydrogens (tertiary/aromatic N) is 2. The van der Waals surface area contributed by atoms with Gasteiger partial charge in [0, 0.05) is 18.7 Å². The van der Waals surface area contributed by atoms with E-state index in [9.17, 15) is 13.2 Å². The van der Waals surface area contributed by atoms with Gasteiger partial charge in [-0.25, -0.2) is 4.98 Å². The normalized spacial score (nSPS) is 20.8. The first-order valence-electron chi connectivity index (χ1n) is 7.19. The van der Waals surface area contributed by atoms with Crippen molar-refractivity contribution in [1.29, 1.82) is 0 Å². The molecule has 1 unspecified atom stereocenters. The number of nitrogen functional groups attached to an aromatic ring is 1. The molecule has 5 nitrogen and oxygen atoms in total. The number of alkyl halides is 3. The van der Waals surface area contributed by atoms with Crippen molar-refractivity contribution in [2.75, 3.05) is 35.7 Å². The van der Waals surface area contributed by atoms with E-state index >= 15 is 0 Å². The molecule has 0 aromatic carbocycles. The molecule has 1 aliphatic heterocycles. The Morgan fingerprint density at radius 2 is 2.27 bits per heavy atom. The van der Waals surface area contributed by atoms with Crippen LogP contribution in [0.5, 0.6) is 0 Å². The average molecular weight is 318 g/mol. The largest absolute Gasteiger partial charge is 0.396 e. The van der Waals surface area contributed by atoms with Gasteiger partial charge < -0.3 is 20.7 Å². The van der Waals surface area contributed by atoms with Gasteiger partial charge in [-0.05, 0) is 13.8 Å². The number of aromatic nitrogens is 1. The van der Waals surface area contributed by atoms with Crippen molar-refractivity contribution in [2.45, 2.75) is 38.5 Å². The molecule has 3 N–H and O–H groups in total. The summed E-state index contributed by atoms with van der Waals surface area (Å²) < 4.78 is 42.6. The Hall–Kier alpha value is -1.70. The Morgan fingerprint density at radius 1 is 1.55 bits per heavy atom. The van der Waals surface area contributed by atoms with Crippen molar-refractivity contribution in [3.63, 3.8) is 0 Å². The van der Waals surface area contributed by atoms with Gasteiger partial charge in [-0.15, -0.1) is 0 Å². The molecule has 2 atom stereocenters. The fourth-order valence-electron chi connectivity index (χ4n) is 2.47. The molecule has 1 aromatic heterocycles. The summed E-state index contributed by atoms with van der Waals surface area (Å²) in [6.07, 6.45) is -3.66. The number of anilines is 3. The average Bonchev–Trinajstić information content (AvgIpc) is 2.40. The molecule has 0 spiro atoms. The standard InChI is InChI=1S/C14H21F3N4O/c1-9(6-14(15,16)17)20-12-5-13(19-7-11(12)18)21-3-4-22-8-10(21)2/h5,7,9-10H,3-4,6,8,18H2,1-2H3,(H,19,20)/t9?,10-/m0/s1. The van der Waals surface area contributed by atoms with Crippen LogP contribution in [0.25, 0.3) is 0 Å². The van der Waals surface area contributed by atoms with Crippen LogP contribution < -0.4 is 16.0 Å². The van der Waals surface area contributed by atoms with Crippen molar-refractivity contribution < 1.29 is 17.9 Å². The van der Waals surface area contributed by atoms with E-state index in [1.807, 2.05) is 6.92 Å². The summed E-state index contributed by atoms with van der Waals surface area (Å²) in [4.78, 5) is 6.34. The fraction of sp³-hybridized carbons (Fsp3) is 0.643. The maximum atomic E-state index is 12.4. The van der Waals surface area contributed by atoms with Crippen molar-refractivity contribution in [3.8, 4) is 0 Å². The molecule has 0 radical (unpaired) electrons. The summed E-state index contributed by atoms with van der Waals surface area (Å²) in [6.45, 7) is 5.37. The van der Waals surface area contributed by atoms with E-state index < -0.39 is 18.6 Å². The number of rotatable bonds is 4. The number of hydrogen-bond donors (Lipinski definition) is 2. The van der Waals surface area contributed by atoms with E-state index in [-0.39, 0.29) is 6.04 Å². The van der Waals surface area contributed by atoms with Crippen LogP contribution in [0.1, 0.15) is 20.3 Å². The third-order valence-corrected chi connectivity index (χ3v) is 3.52. The Balaban J connectivity index is 2.13. The minimum atomic E-state index is -4.21. The molecular formula is C14H21F3N4O. The summed E-state index contributed by atoms with van der Waals surface area (Å²) in [7, 11) is 0. The highest BCUT2D eigenvalue weighted by Crippen LogP contribution is 2.28. The van der Waals surface area contributed by atoms with E-state index in [1.165, 1.54) is 13.1 Å². The number of pyridine rings is 1. The molecule has 2 rings (SSSR count). The van der Waals surface area contributed by atoms with Crippen molar-refractivity contribution in [1.82, 2.24) is 4.98 Å². The second-order valence-corrected chi connectivity index (χ2v) is 5.61. The number of nitrogens with two attached hydrogens (primary N) is 1. The van der Waals surface area contributed by atoms with Gasteiger partial charge in [0.25, 0.3) is 0 Å². The molecule has 22 heavy (non-hydrogen) atoms. The third-order valence-electron chi connectivity index (χ3n) is 3.52. The molecule has 8 heteroatoms. The first kappa shape index (κ1) is 16.7. The topological polar surface area (TPSA) is 63.4 Å². The van der Waals surface area contributed by atoms with Crippen LogP contribution in [-0.2, 0) is 4.74 Å². The molecule has 1 aromatic rings. The molecule has 0 saturated carbocycles. The van der Waals surface area contributed by atoms with Gasteiger partial charge in [-0.3, -0.25) is 0 Å². The highest BCUT2D eigenvalue weighted by molar-refractivity contribution is 5.69. The monoisotopic (exact) mass is 318 g/mol. The molecule has 1 aliphatic rings. The minimum Gasteiger partial charge on any atom is -0.396 e. The predicted molar refractivity (Wildman–Crippen MR) is 80.0 cm³/mol. The van der Waals surface area contributed by atoms with Crippen LogP contribution in [0.2, 0.25) is 0 Å². The molecule has 0 aliphatic carbocycles. The van der Waals surface area contributed by atoms with E-state index in [4.69, 9.17) is 10.5 Å². The first-order valence-corrected chi connectivity index (χ1v) is 7.19. The second kappa shape index (κ2) is 6.60. The highest BCUT2D eigenvalue weighted by Gasteiger charge is 2.30. The number of halogens is 3. The Bertz CT molecular complexity index is 509. The van der Waals surface area contributed by atoms with Gasteiger partial charge in [0.1, 0.15) is 5.82 Å². The fourth-order valence-corrected chi connectivity index (χ4v) is 2.47. The van der Waals surface area contributed by atoms with Crippen LogP contribution in [0.3, 0.4) is 0 Å². The lowest BCUT2D eigenvalue weighted by molar-refractivity contribution is -0.136. The molecule has 2 heterocycles. The van der Waals surface area contributed by atoms with Crippen molar-refractivity contribution in [3.05, 3.63) is 12.3 Å². The van der Waals surface area contributed by atoms with Gasteiger partial charge in [-0.1, -0.05) is 0 Å². The smallest absolute Gasteiger partial charge is 0.391 e. The van der Waals surface area contributed by atoms with Gasteiger partial charge in [0.2, 0.25) is 0 Å². The Morgan fingerprint density at radius 3 is 2.91 bits per heavy atom. The number of ether oxygens (including phenoxy) is 1. The maximum absolute atomic E-state index is 12.4. The predicted octanol–water partition coefficient (Wildman–Crippen LogP) is 2.64. The van der Waals surface area contributed by atoms with Crippen LogP contribution >= 0.6 is 0 Å². The lowest BCUT2D eigenvalue weighted by Gasteiger charge is -2.34. The summed E-state index contributed by atoms with van der Waals surface area (Å²) in [5, 5.41) is 2.82. The zero-order chi connectivity index (χ0) is 16.3. The molecule has 1 saturated heterocycles. The minimum absolute atomic E-state index is 0.158. The van der Waals surface area contributed by atoms with Gasteiger partial charge in [-0.2, -0.15) is 13.2 Å². The Labute approximate surface area is 127 Å². The van der Waals surface area contributed by atoms with Crippen LogP contribution in [0.4, 0.5) is 30.4 Å². The van der Waals surface area contributed by atoms with Gasteiger partial charge in [0.15, 0.2) is 0 Å². The van der Waals surface area contributed by atoms with E-state index in [0.29, 0.717) is 37.0 Å². The van der Waals surface area contributed by atoms with Crippen molar-refractivity contribution >= 4 is 17.2 Å². The maximum Gasteiger partial charge on any atom is 0.391 e. The molecule has 0 bridgehead atoms. The summed E-state index contributed by atoms with van der Waals surface area (Å²) >= 11 is 0. The second-order valence-electron chi connectivity index (χ2n) is 5.61. The first-order chi connectivity index (χ1) is 10.3. The molecule has 0 amide bonds. The highest BCUT2D eigenvalue weighted by atomic mass is 19.4. The van der Waals surface area contributed by atoms with Crippen molar-refractivity contribution in [2.24, 2.45) is 0 Å². The molecular weight excluding hydrogens is 297 g/mol. The number of morpholine rings is 1. The molecule has 1 fully saturated rings. The number of hydrogen-bond acceptors (Lipinski definition) is 5. The lowest BCUT2D eigenvalue weighted by Crippen LogP contribution is -2.44. The summed E-state index contributed by atoms with van der Waals surface area (Å²) in [6, 6.07) is 1.09.